The number of rotatable bonds is 9. The van der Waals surface area contributed by atoms with Crippen LogP contribution >= 0.6 is 11.3 Å². The van der Waals surface area contributed by atoms with Crippen LogP contribution in [0, 0.1) is 0 Å². The van der Waals surface area contributed by atoms with Crippen molar-refractivity contribution < 1.29 is 4.74 Å². The lowest BCUT2D eigenvalue weighted by Gasteiger charge is -2.12. The summed E-state index contributed by atoms with van der Waals surface area (Å²) >= 11 is 1.59. The maximum absolute atomic E-state index is 5.72. The lowest BCUT2D eigenvalue weighted by Crippen LogP contribution is -2.13. The number of nitrogen functional groups attached to an aromatic ring is 1. The van der Waals surface area contributed by atoms with Crippen LogP contribution in [0.1, 0.15) is 5.56 Å². The number of hydrogen-bond donors (Lipinski definition) is 4. The van der Waals surface area contributed by atoms with Gasteiger partial charge in [0.2, 0.25) is 5.95 Å². The third-order valence-corrected chi connectivity index (χ3v) is 5.30. The molecule has 2 aromatic heterocycles. The van der Waals surface area contributed by atoms with E-state index < -0.39 is 0 Å². The quantitative estimate of drug-likeness (QED) is 0.175. The summed E-state index contributed by atoms with van der Waals surface area (Å²) < 4.78 is 6.70. The lowest BCUT2D eigenvalue weighted by molar-refractivity contribution is 0.332. The Kier molecular flexibility index (Phi) is 6.07. The Morgan fingerprint density at radius 1 is 1.10 bits per heavy atom. The van der Waals surface area contributed by atoms with E-state index in [9.17, 15) is 0 Å². The molecule has 5 N–H and O–H groups in total. The maximum atomic E-state index is 5.72. The second-order valence-electron chi connectivity index (χ2n) is 6.39. The summed E-state index contributed by atoms with van der Waals surface area (Å²) in [6.07, 6.45) is 1.75. The Morgan fingerprint density at radius 2 is 1.97 bits per heavy atom. The van der Waals surface area contributed by atoms with E-state index in [1.54, 1.807) is 17.4 Å². The fourth-order valence-corrected chi connectivity index (χ4v) is 3.73. The summed E-state index contributed by atoms with van der Waals surface area (Å²) in [7, 11) is 0. The molecule has 0 radical (unpaired) electrons. The summed E-state index contributed by atoms with van der Waals surface area (Å²) in [6, 6.07) is 17.5. The summed E-state index contributed by atoms with van der Waals surface area (Å²) in [5.74, 6) is 7.67. The Bertz CT molecular complexity index is 1150. The molecular weight excluding hydrogens is 396 g/mol. The number of aromatic nitrogens is 2. The van der Waals surface area contributed by atoms with Crippen molar-refractivity contribution >= 4 is 50.8 Å². The van der Waals surface area contributed by atoms with Crippen LogP contribution in [0.5, 0.6) is 5.75 Å². The number of para-hydroxylation sites is 1. The molecule has 0 bridgehead atoms. The minimum Gasteiger partial charge on any atom is -0.492 e. The minimum atomic E-state index is 0.508. The van der Waals surface area contributed by atoms with E-state index in [-0.39, 0.29) is 0 Å². The van der Waals surface area contributed by atoms with Gasteiger partial charge in [-0.2, -0.15) is 4.98 Å². The van der Waals surface area contributed by atoms with Crippen molar-refractivity contribution in [2.75, 3.05) is 29.2 Å². The molecule has 152 valence electrons. The second-order valence-corrected chi connectivity index (χ2v) is 7.31. The first-order valence-electron chi connectivity index (χ1n) is 9.44. The number of hydrazine groups is 1. The van der Waals surface area contributed by atoms with Gasteiger partial charge in [0.05, 0.1) is 22.4 Å². The molecule has 2 heterocycles. The fraction of sp³-hybridized carbons (Fsp3) is 0.0909. The van der Waals surface area contributed by atoms with Gasteiger partial charge in [-0.3, -0.25) is 5.84 Å². The van der Waals surface area contributed by atoms with Crippen molar-refractivity contribution in [1.82, 2.24) is 9.97 Å². The number of nitrogens with two attached hydrogens (primary N) is 1. The van der Waals surface area contributed by atoms with Gasteiger partial charge < -0.3 is 20.8 Å². The SMILES string of the molecule is C=Cc1cc(Nc2nc(NCCOc3ccccc3)nc3ccsc23)ccc1NN. The first-order valence-corrected chi connectivity index (χ1v) is 10.3. The Morgan fingerprint density at radius 3 is 2.77 bits per heavy atom. The largest absolute Gasteiger partial charge is 0.492 e. The molecule has 0 atom stereocenters. The first-order chi connectivity index (χ1) is 14.8. The lowest BCUT2D eigenvalue weighted by atomic mass is 10.1. The van der Waals surface area contributed by atoms with E-state index in [0.717, 1.165) is 38.7 Å². The molecule has 0 fully saturated rings. The number of ether oxygens (including phenoxy) is 1. The van der Waals surface area contributed by atoms with Gasteiger partial charge in [-0.25, -0.2) is 4.98 Å². The topological polar surface area (TPSA) is 97.1 Å². The third-order valence-electron chi connectivity index (χ3n) is 4.39. The van der Waals surface area contributed by atoms with Crippen molar-refractivity contribution in [2.24, 2.45) is 5.84 Å². The molecule has 0 saturated carbocycles. The van der Waals surface area contributed by atoms with Crippen molar-refractivity contribution in [3.8, 4) is 5.75 Å². The smallest absolute Gasteiger partial charge is 0.225 e. The number of thiophene rings is 1. The Hall–Kier alpha value is -3.62. The van der Waals surface area contributed by atoms with Gasteiger partial charge in [-0.15, -0.1) is 11.3 Å². The van der Waals surface area contributed by atoms with Gasteiger partial charge in [0.1, 0.15) is 12.4 Å². The summed E-state index contributed by atoms with van der Waals surface area (Å²) in [4.78, 5) is 9.26. The van der Waals surface area contributed by atoms with Crippen molar-refractivity contribution in [3.63, 3.8) is 0 Å². The van der Waals surface area contributed by atoms with E-state index in [0.29, 0.717) is 19.1 Å². The van der Waals surface area contributed by atoms with Crippen LogP contribution in [-0.4, -0.2) is 23.1 Å². The van der Waals surface area contributed by atoms with E-state index in [2.05, 4.69) is 32.6 Å². The highest BCUT2D eigenvalue weighted by molar-refractivity contribution is 7.17. The van der Waals surface area contributed by atoms with Crippen LogP contribution in [0.4, 0.5) is 23.1 Å². The highest BCUT2D eigenvalue weighted by atomic mass is 32.1. The van der Waals surface area contributed by atoms with E-state index in [1.165, 1.54) is 0 Å². The predicted molar refractivity (Wildman–Crippen MR) is 125 cm³/mol. The number of nitrogens with zero attached hydrogens (tertiary/aromatic N) is 2. The molecule has 30 heavy (non-hydrogen) atoms. The summed E-state index contributed by atoms with van der Waals surface area (Å²) in [5.41, 5.74) is 6.14. The van der Waals surface area contributed by atoms with Crippen LogP contribution in [0.2, 0.25) is 0 Å². The molecule has 8 heteroatoms. The molecule has 4 aromatic rings. The van der Waals surface area contributed by atoms with Crippen LogP contribution < -0.4 is 26.6 Å². The number of anilines is 4. The molecule has 0 aliphatic carbocycles. The molecule has 0 spiro atoms. The van der Waals surface area contributed by atoms with E-state index in [1.807, 2.05) is 60.0 Å². The number of fused-ring (bicyclic) bond motifs is 1. The Labute approximate surface area is 178 Å². The molecule has 0 aliphatic heterocycles. The predicted octanol–water partition coefficient (Wildman–Crippen LogP) is 4.85. The molecule has 2 aromatic carbocycles. The van der Waals surface area contributed by atoms with Crippen molar-refractivity contribution in [3.05, 3.63) is 72.1 Å². The monoisotopic (exact) mass is 418 g/mol. The summed E-state index contributed by atoms with van der Waals surface area (Å²) in [5, 5.41) is 8.63. The van der Waals surface area contributed by atoms with E-state index in [4.69, 9.17) is 10.6 Å². The molecular formula is C22H22N6OS. The molecule has 0 aliphatic rings. The van der Waals surface area contributed by atoms with Gasteiger partial charge >= 0.3 is 0 Å². The van der Waals surface area contributed by atoms with Gasteiger partial charge in [0, 0.05) is 11.3 Å². The van der Waals surface area contributed by atoms with Gasteiger partial charge in [0.25, 0.3) is 0 Å². The van der Waals surface area contributed by atoms with Gasteiger partial charge in [-0.1, -0.05) is 30.9 Å². The van der Waals surface area contributed by atoms with Crippen LogP contribution in [0.3, 0.4) is 0 Å². The summed E-state index contributed by atoms with van der Waals surface area (Å²) in [6.45, 7) is 4.93. The highest BCUT2D eigenvalue weighted by Gasteiger charge is 2.10. The van der Waals surface area contributed by atoms with Crippen molar-refractivity contribution in [2.45, 2.75) is 0 Å². The van der Waals surface area contributed by atoms with E-state index >= 15 is 0 Å². The average molecular weight is 419 g/mol. The van der Waals surface area contributed by atoms with Crippen LogP contribution in [0.15, 0.2) is 66.6 Å². The zero-order valence-electron chi connectivity index (χ0n) is 16.3. The third kappa shape index (κ3) is 4.51. The molecule has 0 amide bonds. The van der Waals surface area contributed by atoms with Gasteiger partial charge in [-0.05, 0) is 41.8 Å². The number of benzene rings is 2. The average Bonchev–Trinajstić information content (AvgIpc) is 3.26. The van der Waals surface area contributed by atoms with Gasteiger partial charge in [0.15, 0.2) is 5.82 Å². The highest BCUT2D eigenvalue weighted by Crippen LogP contribution is 2.31. The number of nitrogens with one attached hydrogen (secondary N) is 3. The fourth-order valence-electron chi connectivity index (χ4n) is 2.95. The van der Waals surface area contributed by atoms with Crippen LogP contribution in [0.25, 0.3) is 16.3 Å². The zero-order chi connectivity index (χ0) is 20.8. The molecule has 0 saturated heterocycles. The second kappa shape index (κ2) is 9.25. The minimum absolute atomic E-state index is 0.508. The standard InChI is InChI=1S/C22H22N6OS/c1-2-15-14-16(8-9-18(15)28-23)25-21-20-19(10-13-30-20)26-22(27-21)24-11-12-29-17-6-4-3-5-7-17/h2-10,13-14,28H,1,11-12,23H2,(H2,24,25,26,27). The normalized spacial score (nSPS) is 10.6. The van der Waals surface area contributed by atoms with Crippen LogP contribution in [-0.2, 0) is 0 Å². The van der Waals surface area contributed by atoms with Crippen molar-refractivity contribution in [1.29, 1.82) is 0 Å². The molecule has 7 nitrogen and oxygen atoms in total. The zero-order valence-corrected chi connectivity index (χ0v) is 17.1. The maximum Gasteiger partial charge on any atom is 0.225 e. The molecule has 0 unspecified atom stereocenters. The number of hydrogen-bond acceptors (Lipinski definition) is 8. The Balaban J connectivity index is 1.49. The molecule has 4 rings (SSSR count). The first kappa shape index (κ1) is 19.7.